The van der Waals surface area contributed by atoms with Crippen LogP contribution in [0.25, 0.3) is 22.1 Å². The van der Waals surface area contributed by atoms with Gasteiger partial charge in [-0.3, -0.25) is 14.2 Å². The standard InChI is InChI=1S/C22H21N3O3/c1-2-3-13-25(16-9-5-4-6-10-16)19(26)14-24-15-23-20-17-11-7-8-12-18(17)28-21(20)22(24)27/h4-12,15H,2-3,13-14H2,1H3. The summed E-state index contributed by atoms with van der Waals surface area (Å²) in [6.07, 6.45) is 3.28. The molecule has 0 fully saturated rings. The lowest BCUT2D eigenvalue weighted by molar-refractivity contribution is -0.119. The lowest BCUT2D eigenvalue weighted by atomic mass is 10.2. The van der Waals surface area contributed by atoms with Crippen molar-refractivity contribution in [2.24, 2.45) is 0 Å². The highest BCUT2D eigenvalue weighted by molar-refractivity contribution is 6.01. The van der Waals surface area contributed by atoms with Crippen LogP contribution in [0, 0.1) is 0 Å². The second kappa shape index (κ2) is 7.68. The average molecular weight is 375 g/mol. The van der Waals surface area contributed by atoms with Gasteiger partial charge < -0.3 is 9.32 Å². The smallest absolute Gasteiger partial charge is 0.297 e. The zero-order chi connectivity index (χ0) is 19.5. The molecular weight excluding hydrogens is 354 g/mol. The molecule has 0 radical (unpaired) electrons. The lowest BCUT2D eigenvalue weighted by Crippen LogP contribution is -2.37. The molecule has 1 amide bonds. The van der Waals surface area contributed by atoms with E-state index in [4.69, 9.17) is 4.42 Å². The fourth-order valence-corrected chi connectivity index (χ4v) is 3.28. The van der Waals surface area contributed by atoms with Crippen LogP contribution in [0.5, 0.6) is 0 Å². The van der Waals surface area contributed by atoms with Gasteiger partial charge in [-0.25, -0.2) is 4.98 Å². The molecule has 0 unspecified atom stereocenters. The SMILES string of the molecule is CCCCN(C(=O)Cn1cnc2c(oc3ccccc32)c1=O)c1ccccc1. The predicted molar refractivity (Wildman–Crippen MR) is 109 cm³/mol. The quantitative estimate of drug-likeness (QED) is 0.511. The monoisotopic (exact) mass is 375 g/mol. The molecule has 0 aliphatic carbocycles. The van der Waals surface area contributed by atoms with Crippen molar-refractivity contribution in [3.63, 3.8) is 0 Å². The summed E-state index contributed by atoms with van der Waals surface area (Å²) in [5.41, 5.74) is 1.79. The van der Waals surface area contributed by atoms with Gasteiger partial charge in [0.2, 0.25) is 11.5 Å². The molecule has 6 nitrogen and oxygen atoms in total. The number of benzene rings is 2. The van der Waals surface area contributed by atoms with E-state index in [2.05, 4.69) is 11.9 Å². The van der Waals surface area contributed by atoms with Crippen molar-refractivity contribution in [3.8, 4) is 0 Å². The normalized spacial score (nSPS) is 11.2. The van der Waals surface area contributed by atoms with E-state index in [0.29, 0.717) is 17.6 Å². The van der Waals surface area contributed by atoms with Crippen molar-refractivity contribution in [1.82, 2.24) is 9.55 Å². The first-order chi connectivity index (χ1) is 13.7. The molecule has 0 saturated heterocycles. The average Bonchev–Trinajstić information content (AvgIpc) is 3.11. The number of hydrogen-bond donors (Lipinski definition) is 0. The molecule has 0 aliphatic heterocycles. The molecule has 0 aliphatic rings. The summed E-state index contributed by atoms with van der Waals surface area (Å²) < 4.78 is 7.01. The molecule has 4 aromatic rings. The van der Waals surface area contributed by atoms with Crippen molar-refractivity contribution in [3.05, 3.63) is 71.3 Å². The molecule has 2 heterocycles. The van der Waals surface area contributed by atoms with Crippen LogP contribution in [-0.4, -0.2) is 22.0 Å². The van der Waals surface area contributed by atoms with Gasteiger partial charge in [0.05, 0.1) is 6.33 Å². The van der Waals surface area contributed by atoms with Gasteiger partial charge in [-0.15, -0.1) is 0 Å². The van der Waals surface area contributed by atoms with E-state index in [0.717, 1.165) is 23.9 Å². The summed E-state index contributed by atoms with van der Waals surface area (Å²) in [7, 11) is 0. The lowest BCUT2D eigenvalue weighted by Gasteiger charge is -2.23. The van der Waals surface area contributed by atoms with Crippen LogP contribution < -0.4 is 10.5 Å². The first-order valence-electron chi connectivity index (χ1n) is 9.41. The van der Waals surface area contributed by atoms with Gasteiger partial charge in [-0.05, 0) is 30.7 Å². The fraction of sp³-hybridized carbons (Fsp3) is 0.227. The predicted octanol–water partition coefficient (Wildman–Crippen LogP) is 3.98. The Morgan fingerprint density at radius 1 is 1.11 bits per heavy atom. The summed E-state index contributed by atoms with van der Waals surface area (Å²) in [6, 6.07) is 16.9. The highest BCUT2D eigenvalue weighted by Gasteiger charge is 2.19. The van der Waals surface area contributed by atoms with E-state index < -0.39 is 0 Å². The minimum absolute atomic E-state index is 0.0859. The Labute approximate surface area is 162 Å². The Kier molecular flexibility index (Phi) is 4.93. The van der Waals surface area contributed by atoms with E-state index in [1.54, 1.807) is 11.0 Å². The number of carbonyl (C=O) groups excluding carboxylic acids is 1. The van der Waals surface area contributed by atoms with Crippen molar-refractivity contribution in [2.45, 2.75) is 26.3 Å². The van der Waals surface area contributed by atoms with E-state index >= 15 is 0 Å². The number of carbonyl (C=O) groups is 1. The van der Waals surface area contributed by atoms with E-state index in [1.807, 2.05) is 48.5 Å². The summed E-state index contributed by atoms with van der Waals surface area (Å²) in [5, 5.41) is 0.793. The number of furan rings is 1. The number of unbranched alkanes of at least 4 members (excludes halogenated alkanes) is 1. The minimum atomic E-state index is -0.349. The molecule has 0 N–H and O–H groups in total. The van der Waals surface area contributed by atoms with Crippen LogP contribution in [0.1, 0.15) is 19.8 Å². The molecule has 0 spiro atoms. The van der Waals surface area contributed by atoms with Crippen molar-refractivity contribution in [2.75, 3.05) is 11.4 Å². The van der Waals surface area contributed by atoms with Gasteiger partial charge in [0, 0.05) is 17.6 Å². The first kappa shape index (κ1) is 18.0. The highest BCUT2D eigenvalue weighted by Crippen LogP contribution is 2.24. The molecule has 6 heteroatoms. The number of aromatic nitrogens is 2. The third kappa shape index (κ3) is 3.29. The minimum Gasteiger partial charge on any atom is -0.448 e. The fourth-order valence-electron chi connectivity index (χ4n) is 3.28. The number of fused-ring (bicyclic) bond motifs is 3. The third-order valence-corrected chi connectivity index (χ3v) is 4.76. The zero-order valence-electron chi connectivity index (χ0n) is 15.7. The van der Waals surface area contributed by atoms with Crippen LogP contribution in [0.2, 0.25) is 0 Å². The summed E-state index contributed by atoms with van der Waals surface area (Å²) in [6.45, 7) is 2.60. The summed E-state index contributed by atoms with van der Waals surface area (Å²) in [4.78, 5) is 31.9. The first-order valence-corrected chi connectivity index (χ1v) is 9.41. The number of hydrogen-bond acceptors (Lipinski definition) is 4. The van der Waals surface area contributed by atoms with Crippen molar-refractivity contribution >= 4 is 33.7 Å². The van der Waals surface area contributed by atoms with Crippen LogP contribution in [0.3, 0.4) is 0 Å². The number of nitrogens with zero attached hydrogens (tertiary/aromatic N) is 3. The maximum absolute atomic E-state index is 13.0. The number of amides is 1. The summed E-state index contributed by atoms with van der Waals surface area (Å²) in [5.74, 6) is -0.154. The summed E-state index contributed by atoms with van der Waals surface area (Å²) >= 11 is 0. The van der Waals surface area contributed by atoms with Crippen LogP contribution in [0.4, 0.5) is 5.69 Å². The molecule has 0 saturated carbocycles. The van der Waals surface area contributed by atoms with E-state index in [9.17, 15) is 9.59 Å². The molecule has 0 bridgehead atoms. The molecular formula is C22H21N3O3. The van der Waals surface area contributed by atoms with Gasteiger partial charge in [-0.1, -0.05) is 43.7 Å². The molecule has 142 valence electrons. The third-order valence-electron chi connectivity index (χ3n) is 4.76. The molecule has 2 aromatic carbocycles. The largest absolute Gasteiger partial charge is 0.448 e. The van der Waals surface area contributed by atoms with Gasteiger partial charge in [0.15, 0.2) is 0 Å². The topological polar surface area (TPSA) is 68.3 Å². The van der Waals surface area contributed by atoms with Gasteiger partial charge in [0.25, 0.3) is 5.56 Å². The Balaban J connectivity index is 1.67. The second-order valence-corrected chi connectivity index (χ2v) is 6.69. The Hall–Kier alpha value is -3.41. The van der Waals surface area contributed by atoms with Gasteiger partial charge in [-0.2, -0.15) is 0 Å². The van der Waals surface area contributed by atoms with Crippen molar-refractivity contribution in [1.29, 1.82) is 0 Å². The van der Waals surface area contributed by atoms with Crippen LogP contribution >= 0.6 is 0 Å². The molecule has 4 rings (SSSR count). The van der Waals surface area contributed by atoms with E-state index in [-0.39, 0.29) is 23.6 Å². The maximum Gasteiger partial charge on any atom is 0.297 e. The van der Waals surface area contributed by atoms with Gasteiger partial charge >= 0.3 is 0 Å². The zero-order valence-corrected chi connectivity index (χ0v) is 15.7. The van der Waals surface area contributed by atoms with Crippen LogP contribution in [0.15, 0.2) is 70.1 Å². The molecule has 2 aromatic heterocycles. The van der Waals surface area contributed by atoms with Crippen molar-refractivity contribution < 1.29 is 9.21 Å². The maximum atomic E-state index is 13.0. The Bertz CT molecular complexity index is 1180. The molecule has 0 atom stereocenters. The number of anilines is 1. The Morgan fingerprint density at radius 2 is 1.86 bits per heavy atom. The molecule has 28 heavy (non-hydrogen) atoms. The van der Waals surface area contributed by atoms with Gasteiger partial charge in [0.1, 0.15) is 17.6 Å². The Morgan fingerprint density at radius 3 is 2.64 bits per heavy atom. The second-order valence-electron chi connectivity index (χ2n) is 6.69. The number of rotatable bonds is 6. The van der Waals surface area contributed by atoms with Crippen LogP contribution in [-0.2, 0) is 11.3 Å². The number of para-hydroxylation sites is 2. The van der Waals surface area contributed by atoms with E-state index in [1.165, 1.54) is 10.9 Å². The highest BCUT2D eigenvalue weighted by atomic mass is 16.3.